The Morgan fingerprint density at radius 2 is 2.22 bits per heavy atom. The van der Waals surface area contributed by atoms with Gasteiger partial charge in [-0.15, -0.1) is 0 Å². The van der Waals surface area contributed by atoms with Gasteiger partial charge in [0.15, 0.2) is 0 Å². The molecule has 100 valence electrons. The average Bonchev–Trinajstić information content (AvgIpc) is 2.78. The average molecular weight is 376 g/mol. The Morgan fingerprint density at radius 3 is 2.94 bits per heavy atom. The Morgan fingerprint density at radius 1 is 1.39 bits per heavy atom. The Kier molecular flexibility index (Phi) is 5.52. The zero-order valence-corrected chi connectivity index (χ0v) is 13.9. The Labute approximate surface area is 126 Å². The molecule has 0 bridgehead atoms. The van der Waals surface area contributed by atoms with Gasteiger partial charge >= 0.3 is 0 Å². The first-order valence-corrected chi connectivity index (χ1v) is 8.20. The fourth-order valence-corrected chi connectivity index (χ4v) is 3.74. The molecule has 0 aromatic heterocycles. The predicted molar refractivity (Wildman–Crippen MR) is 85.3 cm³/mol. The van der Waals surface area contributed by atoms with Gasteiger partial charge in [-0.05, 0) is 66.0 Å². The number of hydrogen-bond acceptors (Lipinski definition) is 2. The summed E-state index contributed by atoms with van der Waals surface area (Å²) < 4.78 is 2.30. The van der Waals surface area contributed by atoms with Crippen LogP contribution in [0, 0.1) is 5.92 Å². The zero-order chi connectivity index (χ0) is 13.0. The first-order chi connectivity index (χ1) is 8.70. The minimum Gasteiger partial charge on any atom is -0.370 e. The molecule has 1 saturated heterocycles. The highest BCUT2D eigenvalue weighted by Gasteiger charge is 2.23. The second-order valence-corrected chi connectivity index (χ2v) is 6.67. The number of rotatable bonds is 5. The van der Waals surface area contributed by atoms with Crippen molar-refractivity contribution in [1.82, 2.24) is 5.32 Å². The maximum Gasteiger partial charge on any atom is 0.0511 e. The highest BCUT2D eigenvalue weighted by Crippen LogP contribution is 2.32. The molecular weight excluding hydrogens is 356 g/mol. The quantitative estimate of drug-likeness (QED) is 0.781. The van der Waals surface area contributed by atoms with E-state index in [-0.39, 0.29) is 0 Å². The fraction of sp³-hybridized carbons (Fsp3) is 0.571. The molecule has 1 atom stereocenters. The van der Waals surface area contributed by atoms with Crippen LogP contribution in [0.25, 0.3) is 0 Å². The van der Waals surface area contributed by atoms with E-state index in [0.717, 1.165) is 30.0 Å². The van der Waals surface area contributed by atoms with Gasteiger partial charge in [0.25, 0.3) is 0 Å². The molecule has 18 heavy (non-hydrogen) atoms. The summed E-state index contributed by atoms with van der Waals surface area (Å²) >= 11 is 7.15. The van der Waals surface area contributed by atoms with Crippen LogP contribution in [0.5, 0.6) is 0 Å². The predicted octanol–water partition coefficient (Wildman–Crippen LogP) is 4.04. The molecule has 1 aliphatic rings. The molecule has 2 rings (SSSR count). The van der Waals surface area contributed by atoms with Gasteiger partial charge < -0.3 is 10.2 Å². The van der Waals surface area contributed by atoms with Gasteiger partial charge in [0.2, 0.25) is 0 Å². The van der Waals surface area contributed by atoms with Crippen molar-refractivity contribution in [3.63, 3.8) is 0 Å². The SMILES string of the molecule is CCCNCC1CCN(c2ccc(Br)cc2Br)C1. The molecule has 1 unspecified atom stereocenters. The van der Waals surface area contributed by atoms with Crippen LogP contribution in [-0.4, -0.2) is 26.2 Å². The fourth-order valence-electron chi connectivity index (χ4n) is 2.44. The second kappa shape index (κ2) is 6.92. The third kappa shape index (κ3) is 3.72. The highest BCUT2D eigenvalue weighted by atomic mass is 79.9. The molecule has 0 saturated carbocycles. The van der Waals surface area contributed by atoms with E-state index in [0.29, 0.717) is 0 Å². The van der Waals surface area contributed by atoms with E-state index in [1.54, 1.807) is 0 Å². The minimum absolute atomic E-state index is 0.784. The van der Waals surface area contributed by atoms with E-state index in [9.17, 15) is 0 Å². The number of anilines is 1. The Bertz CT molecular complexity index is 395. The van der Waals surface area contributed by atoms with Crippen LogP contribution >= 0.6 is 31.9 Å². The summed E-state index contributed by atoms with van der Waals surface area (Å²) in [6, 6.07) is 6.43. The van der Waals surface area contributed by atoms with Crippen LogP contribution in [0.3, 0.4) is 0 Å². The van der Waals surface area contributed by atoms with E-state index in [2.05, 4.69) is 67.2 Å². The largest absolute Gasteiger partial charge is 0.370 e. The van der Waals surface area contributed by atoms with Crippen LogP contribution in [0.15, 0.2) is 27.1 Å². The smallest absolute Gasteiger partial charge is 0.0511 e. The maximum atomic E-state index is 3.65. The monoisotopic (exact) mass is 374 g/mol. The van der Waals surface area contributed by atoms with E-state index < -0.39 is 0 Å². The topological polar surface area (TPSA) is 15.3 Å². The number of halogens is 2. The number of nitrogens with one attached hydrogen (secondary N) is 1. The van der Waals surface area contributed by atoms with Gasteiger partial charge in [-0.25, -0.2) is 0 Å². The number of benzene rings is 1. The van der Waals surface area contributed by atoms with Gasteiger partial charge in [0, 0.05) is 22.0 Å². The summed E-state index contributed by atoms with van der Waals surface area (Å²) in [7, 11) is 0. The molecule has 0 radical (unpaired) electrons. The van der Waals surface area contributed by atoms with Gasteiger partial charge in [-0.1, -0.05) is 22.9 Å². The lowest BCUT2D eigenvalue weighted by Gasteiger charge is -2.20. The maximum absolute atomic E-state index is 3.65. The standard InChI is InChI=1S/C14H20Br2N2/c1-2-6-17-9-11-5-7-18(10-11)14-4-3-12(15)8-13(14)16/h3-4,8,11,17H,2,5-7,9-10H2,1H3. The molecule has 0 aliphatic carbocycles. The van der Waals surface area contributed by atoms with E-state index >= 15 is 0 Å². The first-order valence-electron chi connectivity index (χ1n) is 6.61. The van der Waals surface area contributed by atoms with E-state index in [4.69, 9.17) is 0 Å². The van der Waals surface area contributed by atoms with Gasteiger partial charge in [0.1, 0.15) is 0 Å². The summed E-state index contributed by atoms with van der Waals surface area (Å²) in [5.41, 5.74) is 1.32. The molecule has 1 aliphatic heterocycles. The zero-order valence-electron chi connectivity index (χ0n) is 10.8. The van der Waals surface area contributed by atoms with Crippen LogP contribution in [0.2, 0.25) is 0 Å². The number of nitrogens with zero attached hydrogens (tertiary/aromatic N) is 1. The van der Waals surface area contributed by atoms with Gasteiger partial charge in [0.05, 0.1) is 5.69 Å². The van der Waals surface area contributed by atoms with Crippen molar-refractivity contribution in [2.45, 2.75) is 19.8 Å². The lowest BCUT2D eigenvalue weighted by molar-refractivity contribution is 0.516. The van der Waals surface area contributed by atoms with Crippen molar-refractivity contribution in [3.05, 3.63) is 27.1 Å². The van der Waals surface area contributed by atoms with Crippen LogP contribution in [-0.2, 0) is 0 Å². The molecular formula is C14H20Br2N2. The molecule has 1 fully saturated rings. The van der Waals surface area contributed by atoms with Crippen molar-refractivity contribution in [3.8, 4) is 0 Å². The lowest BCUT2D eigenvalue weighted by atomic mass is 10.1. The highest BCUT2D eigenvalue weighted by molar-refractivity contribution is 9.11. The number of hydrogen-bond donors (Lipinski definition) is 1. The van der Waals surface area contributed by atoms with Gasteiger partial charge in [-0.2, -0.15) is 0 Å². The summed E-state index contributed by atoms with van der Waals surface area (Å²) in [5.74, 6) is 0.784. The molecule has 1 N–H and O–H groups in total. The molecule has 0 spiro atoms. The summed E-state index contributed by atoms with van der Waals surface area (Å²) in [6.45, 7) is 6.83. The second-order valence-electron chi connectivity index (χ2n) is 4.90. The van der Waals surface area contributed by atoms with Crippen molar-refractivity contribution in [2.24, 2.45) is 5.92 Å². The van der Waals surface area contributed by atoms with Crippen LogP contribution in [0.1, 0.15) is 19.8 Å². The Hall–Kier alpha value is -0.0600. The molecule has 0 amide bonds. The summed E-state index contributed by atoms with van der Waals surface area (Å²) in [6.07, 6.45) is 2.51. The minimum atomic E-state index is 0.784. The Balaban J connectivity index is 1.91. The van der Waals surface area contributed by atoms with Crippen LogP contribution < -0.4 is 10.2 Å². The normalized spacial score (nSPS) is 19.5. The first kappa shape index (κ1) is 14.4. The van der Waals surface area contributed by atoms with Crippen molar-refractivity contribution in [2.75, 3.05) is 31.1 Å². The van der Waals surface area contributed by atoms with Gasteiger partial charge in [-0.3, -0.25) is 0 Å². The molecule has 2 nitrogen and oxygen atoms in total. The van der Waals surface area contributed by atoms with Crippen molar-refractivity contribution < 1.29 is 0 Å². The van der Waals surface area contributed by atoms with E-state index in [1.165, 1.54) is 29.5 Å². The summed E-state index contributed by atoms with van der Waals surface area (Å²) in [4.78, 5) is 2.48. The van der Waals surface area contributed by atoms with E-state index in [1.807, 2.05) is 0 Å². The third-order valence-corrected chi connectivity index (χ3v) is 4.52. The summed E-state index contributed by atoms with van der Waals surface area (Å²) in [5, 5.41) is 3.53. The van der Waals surface area contributed by atoms with Crippen molar-refractivity contribution >= 4 is 37.5 Å². The lowest BCUT2D eigenvalue weighted by Crippen LogP contribution is -2.26. The molecule has 1 aromatic carbocycles. The molecule has 1 heterocycles. The van der Waals surface area contributed by atoms with Crippen molar-refractivity contribution in [1.29, 1.82) is 0 Å². The third-order valence-electron chi connectivity index (χ3n) is 3.40. The molecule has 1 aromatic rings. The molecule has 4 heteroatoms. The van der Waals surface area contributed by atoms with Crippen LogP contribution in [0.4, 0.5) is 5.69 Å².